The summed E-state index contributed by atoms with van der Waals surface area (Å²) in [6, 6.07) is 19.2. The van der Waals surface area contributed by atoms with E-state index in [4.69, 9.17) is 30.8 Å². The van der Waals surface area contributed by atoms with Gasteiger partial charge in [0.1, 0.15) is 28.2 Å². The number of nitrogens with zero attached hydrogens (tertiary/aromatic N) is 10. The van der Waals surface area contributed by atoms with Crippen LogP contribution in [-0.4, -0.2) is 134 Å². The number of fused-ring (bicyclic) bond motifs is 5. The second-order valence-corrected chi connectivity index (χ2v) is 32.8. The normalized spacial score (nSPS) is 20.6. The van der Waals surface area contributed by atoms with Crippen molar-refractivity contribution in [3.8, 4) is 23.4 Å². The topological polar surface area (TPSA) is 289 Å². The smallest absolute Gasteiger partial charge is 0.410 e. The lowest BCUT2D eigenvalue weighted by Gasteiger charge is -2.38. The summed E-state index contributed by atoms with van der Waals surface area (Å²) in [4.78, 5) is 61.5. The minimum atomic E-state index is -4.34. The molecule has 4 N–H and O–H groups in total. The fraction of sp³-hybridized carbons (Fsp3) is 0.580. The van der Waals surface area contributed by atoms with Crippen LogP contribution in [0.1, 0.15) is 185 Å². The Balaban J connectivity index is 0.000000186. The summed E-state index contributed by atoms with van der Waals surface area (Å²) in [5, 5.41) is 14.8. The number of carbonyl (C=O) groups excluding carboxylic acids is 3. The summed E-state index contributed by atoms with van der Waals surface area (Å²) in [7, 11) is -8.56. The van der Waals surface area contributed by atoms with E-state index in [0.717, 1.165) is 93.3 Å². The van der Waals surface area contributed by atoms with Gasteiger partial charge < -0.3 is 34.6 Å². The van der Waals surface area contributed by atoms with Crippen molar-refractivity contribution in [2.75, 3.05) is 41.8 Å². The first-order chi connectivity index (χ1) is 45.8. The summed E-state index contributed by atoms with van der Waals surface area (Å²) in [6.07, 6.45) is 22.9. The van der Waals surface area contributed by atoms with E-state index >= 15 is 0 Å². The molecule has 3 aliphatic heterocycles. The number of sulfonamides is 2. The van der Waals surface area contributed by atoms with E-state index in [1.54, 1.807) is 53.3 Å². The van der Waals surface area contributed by atoms with Gasteiger partial charge in [0.25, 0.3) is 31.9 Å². The Bertz CT molecular complexity index is 4010. The van der Waals surface area contributed by atoms with Gasteiger partial charge in [0, 0.05) is 60.8 Å². The first-order valence-corrected chi connectivity index (χ1v) is 37.5. The first-order valence-electron chi connectivity index (χ1n) is 34.2. The van der Waals surface area contributed by atoms with Gasteiger partial charge in [-0.1, -0.05) is 23.7 Å². The van der Waals surface area contributed by atoms with Gasteiger partial charge in [-0.05, 0) is 248 Å². The average Bonchev–Trinajstić information content (AvgIpc) is 0.975. The summed E-state index contributed by atoms with van der Waals surface area (Å²) in [5.74, 6) is 6.49. The molecule has 4 saturated carbocycles. The Labute approximate surface area is 568 Å². The molecule has 6 aromatic rings. The number of nitrogens with one attached hydrogen (secondary N) is 4. The molecule has 2 unspecified atom stereocenters. The summed E-state index contributed by atoms with van der Waals surface area (Å²) >= 11 is 6.37. The highest BCUT2D eigenvalue weighted by molar-refractivity contribution is 7.90. The molecule has 2 bridgehead atoms. The molecule has 4 aliphatic carbocycles. The van der Waals surface area contributed by atoms with Gasteiger partial charge in [0.05, 0.1) is 24.3 Å². The minimum Gasteiger partial charge on any atom is -0.477 e. The maximum Gasteiger partial charge on any atom is 0.410 e. The van der Waals surface area contributed by atoms with Crippen LogP contribution in [0, 0.1) is 35.5 Å². The summed E-state index contributed by atoms with van der Waals surface area (Å²) < 4.78 is 77.9. The van der Waals surface area contributed by atoms with Crippen LogP contribution < -0.4 is 34.5 Å². The average molecular weight is 1380 g/mol. The lowest BCUT2D eigenvalue weighted by molar-refractivity contribution is 0.00291. The zero-order valence-electron chi connectivity index (χ0n) is 56.0. The van der Waals surface area contributed by atoms with Gasteiger partial charge in [0.2, 0.25) is 11.8 Å². The zero-order valence-corrected chi connectivity index (χ0v) is 58.4. The van der Waals surface area contributed by atoms with E-state index in [1.165, 1.54) is 80.3 Å². The van der Waals surface area contributed by atoms with Crippen molar-refractivity contribution < 1.29 is 45.4 Å². The number of likely N-dealkylation sites (tertiary alicyclic amines) is 1. The number of ether oxygens (including phenoxy) is 3. The number of carbonyl (C=O) groups is 3. The maximum atomic E-state index is 13.7. The Morgan fingerprint density at radius 2 is 1.33 bits per heavy atom. The molecule has 0 radical (unpaired) electrons. The molecule has 6 fully saturated rings. The highest BCUT2D eigenvalue weighted by Crippen LogP contribution is 2.52. The Hall–Kier alpha value is -7.58. The molecule has 27 heteroatoms. The van der Waals surface area contributed by atoms with Crippen LogP contribution in [-0.2, 0) is 24.8 Å². The first kappa shape index (κ1) is 68.4. The van der Waals surface area contributed by atoms with Crippen molar-refractivity contribution in [1.29, 1.82) is 0 Å². The molecule has 7 aliphatic rings. The third kappa shape index (κ3) is 16.9. The Morgan fingerprint density at radius 1 is 0.729 bits per heavy atom. The highest BCUT2D eigenvalue weighted by Gasteiger charge is 2.46. The van der Waals surface area contributed by atoms with Crippen LogP contribution in [0.5, 0.6) is 11.8 Å². The van der Waals surface area contributed by atoms with Gasteiger partial charge in [-0.25, -0.2) is 43.5 Å². The molecule has 9 heterocycles. The summed E-state index contributed by atoms with van der Waals surface area (Å²) in [5.41, 5.74) is -1.10. The largest absolute Gasteiger partial charge is 0.477 e. The quantitative estimate of drug-likeness (QED) is 0.0363. The molecule has 2 saturated heterocycles. The van der Waals surface area contributed by atoms with E-state index in [-0.39, 0.29) is 55.6 Å². The monoisotopic (exact) mass is 1370 g/mol. The molecule has 6 aromatic heterocycles. The van der Waals surface area contributed by atoms with Crippen molar-refractivity contribution in [2.24, 2.45) is 35.5 Å². The summed E-state index contributed by atoms with van der Waals surface area (Å²) in [6.45, 7) is 16.4. The van der Waals surface area contributed by atoms with Gasteiger partial charge in [-0.15, -0.1) is 10.2 Å². The SMILES string of the molecule is CC(C)(C)OC(=O)N1C(CCCNc2cccc(S(=O)(=O)NC(=O)c3ccc(-n4ccc(OCCC(C5CC5)C5CC5)n4)nc3Cl)n2)CCC1(C)C.CC1(C)CCC2CCCNc3cccc(n3)S(=O)(=O)NC(=O)c3ccc(-n4ccc(OCCC(C5CC5)C5CC5)n4)nc3N21. The lowest BCUT2D eigenvalue weighted by atomic mass is 9.95. The van der Waals surface area contributed by atoms with Gasteiger partial charge >= 0.3 is 6.09 Å². The molecule has 0 aromatic carbocycles. The van der Waals surface area contributed by atoms with Crippen LogP contribution in [0.3, 0.4) is 0 Å². The number of anilines is 3. The van der Waals surface area contributed by atoms with Gasteiger partial charge in [-0.3, -0.25) is 9.59 Å². The molecule has 516 valence electrons. The fourth-order valence-corrected chi connectivity index (χ4v) is 16.3. The zero-order chi connectivity index (χ0) is 67.7. The number of halogens is 1. The number of hydrogen-bond acceptors (Lipinski definition) is 19. The maximum absolute atomic E-state index is 13.7. The van der Waals surface area contributed by atoms with Crippen LogP contribution in [0.25, 0.3) is 11.6 Å². The second kappa shape index (κ2) is 28.1. The fourth-order valence-electron chi connectivity index (χ4n) is 14.2. The Morgan fingerprint density at radius 3 is 1.95 bits per heavy atom. The molecule has 96 heavy (non-hydrogen) atoms. The van der Waals surface area contributed by atoms with Crippen molar-refractivity contribution in [1.82, 2.24) is 53.8 Å². The second-order valence-electron chi connectivity index (χ2n) is 29.2. The molecule has 13 rings (SSSR count). The number of rotatable bonds is 22. The minimum absolute atomic E-state index is 0.0361. The lowest BCUT2D eigenvalue weighted by Crippen LogP contribution is -2.49. The number of aromatic nitrogens is 8. The van der Waals surface area contributed by atoms with Crippen molar-refractivity contribution in [3.05, 3.63) is 101 Å². The predicted molar refractivity (Wildman–Crippen MR) is 364 cm³/mol. The highest BCUT2D eigenvalue weighted by atomic mass is 35.5. The molecule has 2 atom stereocenters. The number of amides is 3. The molecule has 24 nitrogen and oxygen atoms in total. The Kier molecular flexibility index (Phi) is 20.0. The standard InChI is InChI=1S/C37H50ClN7O6S.C32H41N7O4S/c1-36(2,3)51-35(47)45-26(17-20-37(45,4)5)8-7-21-39-29-9-6-10-32(40-29)52(48,49)43-34(46)28-15-16-30(41-33(28)38)44-22-18-31(42-44)50-23-19-27(24-11-12-24)25-13-14-25;1-32(2)17-14-23-5-4-18-33-26-6-3-7-29(34-26)44(41,42)37-31(40)25-12-13-27(35-30(25)39(23)32)38-19-15-28(36-38)43-20-16-24(21-8-9-21)22-10-11-22/h6,9-10,15-16,18,22,24-27H,7-8,11-14,17,19-21,23H2,1-5H3,(H,39,40)(H,43,46);3,6-7,12-13,15,19,21-24H,4-5,8-11,14,16-18,20H2,1-2H3,(H,33,34)(H,37,40). The van der Waals surface area contributed by atoms with E-state index in [9.17, 15) is 31.2 Å². The number of hydrogen-bond donors (Lipinski definition) is 4. The van der Waals surface area contributed by atoms with Crippen molar-refractivity contribution in [2.45, 2.75) is 203 Å². The third-order valence-electron chi connectivity index (χ3n) is 19.6. The van der Waals surface area contributed by atoms with Crippen LogP contribution in [0.15, 0.2) is 95.2 Å². The van der Waals surface area contributed by atoms with Crippen LogP contribution in [0.4, 0.5) is 22.2 Å². The third-order valence-corrected chi connectivity index (χ3v) is 22.4. The van der Waals surface area contributed by atoms with Gasteiger partial charge in [-0.2, -0.15) is 16.8 Å². The predicted octanol–water partition coefficient (Wildman–Crippen LogP) is 11.9. The van der Waals surface area contributed by atoms with Crippen molar-refractivity contribution in [3.63, 3.8) is 0 Å². The molecule has 0 spiro atoms. The van der Waals surface area contributed by atoms with E-state index in [1.807, 2.05) is 42.7 Å². The van der Waals surface area contributed by atoms with Crippen LogP contribution >= 0.6 is 11.6 Å². The van der Waals surface area contributed by atoms with Crippen molar-refractivity contribution >= 4 is 67.0 Å². The number of pyridine rings is 4. The van der Waals surface area contributed by atoms with E-state index in [2.05, 4.69) is 73.1 Å². The van der Waals surface area contributed by atoms with Gasteiger partial charge in [0.15, 0.2) is 21.7 Å². The molecular formula is C69H91ClN14O10S2. The van der Waals surface area contributed by atoms with E-state index < -0.39 is 37.5 Å². The van der Waals surface area contributed by atoms with E-state index in [0.29, 0.717) is 73.6 Å². The molecular weight excluding hydrogens is 1280 g/mol. The molecule has 3 amide bonds. The van der Waals surface area contributed by atoms with Crippen LogP contribution in [0.2, 0.25) is 5.15 Å².